The van der Waals surface area contributed by atoms with Crippen LogP contribution in [0, 0.1) is 10.1 Å². The zero-order valence-corrected chi connectivity index (χ0v) is 13.9. The van der Waals surface area contributed by atoms with Crippen LogP contribution in [0.15, 0.2) is 41.3 Å². The van der Waals surface area contributed by atoms with Crippen molar-refractivity contribution in [3.05, 3.63) is 57.1 Å². The lowest BCUT2D eigenvalue weighted by molar-refractivity contribution is -0.384. The van der Waals surface area contributed by atoms with E-state index in [0.29, 0.717) is 0 Å². The molecule has 2 rings (SSSR count). The Morgan fingerprint density at radius 2 is 1.92 bits per heavy atom. The topological polar surface area (TPSA) is 147 Å². The van der Waals surface area contributed by atoms with Gasteiger partial charge in [-0.15, -0.1) is 0 Å². The van der Waals surface area contributed by atoms with Gasteiger partial charge in [-0.2, -0.15) is 0 Å². The van der Waals surface area contributed by atoms with Crippen molar-refractivity contribution < 1.29 is 28.3 Å². The maximum Gasteiger partial charge on any atom is 0.307 e. The summed E-state index contributed by atoms with van der Waals surface area (Å²) < 4.78 is 26.8. The van der Waals surface area contributed by atoms with Gasteiger partial charge in [0.05, 0.1) is 21.9 Å². The Labute approximate surface area is 146 Å². The zero-order valence-electron chi connectivity index (χ0n) is 12.3. The number of carbonyl (C=O) groups is 1. The second-order valence-electron chi connectivity index (χ2n) is 4.90. The number of hydrogen-bond acceptors (Lipinski definition) is 6. The number of nitro benzene ring substituents is 1. The third kappa shape index (κ3) is 4.37. The van der Waals surface area contributed by atoms with E-state index in [9.17, 15) is 28.4 Å². The van der Waals surface area contributed by atoms with Crippen molar-refractivity contribution in [3.8, 4) is 5.75 Å². The van der Waals surface area contributed by atoms with Gasteiger partial charge in [-0.25, -0.2) is 8.42 Å². The highest BCUT2D eigenvalue weighted by molar-refractivity contribution is 7.92. The number of halogens is 1. The molecule has 0 radical (unpaired) electrons. The van der Waals surface area contributed by atoms with Crippen molar-refractivity contribution in [2.24, 2.45) is 0 Å². The van der Waals surface area contributed by atoms with Gasteiger partial charge in [-0.05, 0) is 29.8 Å². The maximum absolute atomic E-state index is 12.4. The number of carboxylic acid groups (broad SMARTS) is 1. The summed E-state index contributed by atoms with van der Waals surface area (Å²) in [4.78, 5) is 20.3. The van der Waals surface area contributed by atoms with Crippen LogP contribution in [0.3, 0.4) is 0 Å². The lowest BCUT2D eigenvalue weighted by Gasteiger charge is -2.11. The summed E-state index contributed by atoms with van der Waals surface area (Å²) in [6, 6.07) is 6.54. The van der Waals surface area contributed by atoms with E-state index in [4.69, 9.17) is 16.7 Å². The van der Waals surface area contributed by atoms with Crippen molar-refractivity contribution in [1.82, 2.24) is 0 Å². The van der Waals surface area contributed by atoms with E-state index < -0.39 is 37.2 Å². The lowest BCUT2D eigenvalue weighted by Crippen LogP contribution is -2.14. The minimum atomic E-state index is -4.27. The molecule has 11 heteroatoms. The Kier molecular flexibility index (Phi) is 5.14. The molecule has 0 amide bonds. The molecule has 2 aromatic carbocycles. The van der Waals surface area contributed by atoms with Crippen molar-refractivity contribution in [3.63, 3.8) is 0 Å². The molecular weight excluding hydrogens is 376 g/mol. The summed E-state index contributed by atoms with van der Waals surface area (Å²) in [6.45, 7) is 0. The fraction of sp³-hybridized carbons (Fsp3) is 0.0714. The minimum absolute atomic E-state index is 0.227. The molecule has 132 valence electrons. The number of carboxylic acids is 1. The quantitative estimate of drug-likeness (QED) is 0.392. The number of sulfonamides is 1. The molecule has 0 aliphatic carbocycles. The first-order chi connectivity index (χ1) is 11.6. The molecule has 0 unspecified atom stereocenters. The zero-order chi connectivity index (χ0) is 18.8. The lowest BCUT2D eigenvalue weighted by atomic mass is 10.1. The average Bonchev–Trinajstić information content (AvgIpc) is 2.49. The summed E-state index contributed by atoms with van der Waals surface area (Å²) >= 11 is 5.64. The number of nitrogens with zero attached hydrogens (tertiary/aromatic N) is 1. The van der Waals surface area contributed by atoms with Gasteiger partial charge in [-0.1, -0.05) is 17.7 Å². The predicted octanol–water partition coefficient (Wildman–Crippen LogP) is 2.38. The van der Waals surface area contributed by atoms with Crippen LogP contribution in [0.25, 0.3) is 0 Å². The summed E-state index contributed by atoms with van der Waals surface area (Å²) in [6.07, 6.45) is -0.374. The second-order valence-corrected chi connectivity index (χ2v) is 6.99. The number of benzene rings is 2. The van der Waals surface area contributed by atoms with E-state index in [-0.39, 0.29) is 22.7 Å². The molecule has 25 heavy (non-hydrogen) atoms. The highest BCUT2D eigenvalue weighted by Crippen LogP contribution is 2.30. The van der Waals surface area contributed by atoms with Crippen molar-refractivity contribution in [2.75, 3.05) is 4.72 Å². The van der Waals surface area contributed by atoms with Crippen LogP contribution in [0.1, 0.15) is 5.56 Å². The number of nitro groups is 1. The third-order valence-corrected chi connectivity index (χ3v) is 4.77. The van der Waals surface area contributed by atoms with Gasteiger partial charge in [0, 0.05) is 6.07 Å². The smallest absolute Gasteiger partial charge is 0.307 e. The fourth-order valence-electron chi connectivity index (χ4n) is 1.95. The first-order valence-corrected chi connectivity index (χ1v) is 8.46. The molecule has 0 saturated carbocycles. The maximum atomic E-state index is 12.4. The van der Waals surface area contributed by atoms with E-state index >= 15 is 0 Å². The van der Waals surface area contributed by atoms with Gasteiger partial charge in [0.2, 0.25) is 0 Å². The number of phenolic OH excluding ortho intramolecular Hbond substituents is 1. The SMILES string of the molecule is O=C(O)Cc1ccc(O)c(NS(=O)(=O)c2ccc(Cl)c([N+](=O)[O-])c2)c1. The number of hydrogen-bond donors (Lipinski definition) is 3. The summed E-state index contributed by atoms with van der Waals surface area (Å²) in [5.74, 6) is -1.56. The molecule has 0 fully saturated rings. The molecule has 0 aliphatic heterocycles. The van der Waals surface area contributed by atoms with Gasteiger partial charge in [0.1, 0.15) is 10.8 Å². The van der Waals surface area contributed by atoms with E-state index in [1.807, 2.05) is 0 Å². The molecule has 2 aromatic rings. The Balaban J connectivity index is 2.41. The Morgan fingerprint density at radius 3 is 2.52 bits per heavy atom. The number of rotatable bonds is 6. The van der Waals surface area contributed by atoms with Gasteiger partial charge in [0.25, 0.3) is 15.7 Å². The van der Waals surface area contributed by atoms with E-state index in [1.165, 1.54) is 6.07 Å². The van der Waals surface area contributed by atoms with Crippen LogP contribution in [0.2, 0.25) is 5.02 Å². The summed E-state index contributed by atoms with van der Waals surface area (Å²) in [5, 5.41) is 29.2. The molecule has 0 bridgehead atoms. The molecular formula is C14H11ClN2O7S. The first-order valence-electron chi connectivity index (χ1n) is 6.60. The number of aromatic hydroxyl groups is 1. The Bertz CT molecular complexity index is 960. The van der Waals surface area contributed by atoms with Crippen LogP contribution in [0.5, 0.6) is 5.75 Å². The molecule has 0 aliphatic rings. The average molecular weight is 387 g/mol. The molecule has 0 atom stereocenters. The molecule has 0 saturated heterocycles. The Hall–Kier alpha value is -2.85. The monoisotopic (exact) mass is 386 g/mol. The summed E-state index contributed by atoms with van der Waals surface area (Å²) in [5.41, 5.74) is -0.588. The van der Waals surface area contributed by atoms with Gasteiger partial charge < -0.3 is 10.2 Å². The highest BCUT2D eigenvalue weighted by atomic mass is 35.5. The van der Waals surface area contributed by atoms with Gasteiger partial charge in [-0.3, -0.25) is 19.6 Å². The number of nitrogens with one attached hydrogen (secondary N) is 1. The van der Waals surface area contributed by atoms with Crippen LogP contribution in [-0.4, -0.2) is 29.5 Å². The first kappa shape index (κ1) is 18.5. The standard InChI is InChI=1S/C14H11ClN2O7S/c15-10-3-2-9(7-12(10)17(21)22)25(23,24)16-11-5-8(6-14(19)20)1-4-13(11)18/h1-5,7,16,18H,6H2,(H,19,20). The van der Waals surface area contributed by atoms with E-state index in [0.717, 1.165) is 30.3 Å². The largest absolute Gasteiger partial charge is 0.506 e. The second kappa shape index (κ2) is 6.95. The van der Waals surface area contributed by atoms with Crippen LogP contribution in [-0.2, 0) is 21.2 Å². The Morgan fingerprint density at radius 1 is 1.24 bits per heavy atom. The molecule has 0 aromatic heterocycles. The van der Waals surface area contributed by atoms with E-state index in [1.54, 1.807) is 0 Å². The van der Waals surface area contributed by atoms with Crippen molar-refractivity contribution in [2.45, 2.75) is 11.3 Å². The van der Waals surface area contributed by atoms with Crippen LogP contribution >= 0.6 is 11.6 Å². The third-order valence-electron chi connectivity index (χ3n) is 3.09. The van der Waals surface area contributed by atoms with Crippen molar-refractivity contribution in [1.29, 1.82) is 0 Å². The minimum Gasteiger partial charge on any atom is -0.506 e. The molecule has 0 spiro atoms. The fourth-order valence-corrected chi connectivity index (χ4v) is 3.22. The van der Waals surface area contributed by atoms with Crippen molar-refractivity contribution >= 4 is 39.0 Å². The van der Waals surface area contributed by atoms with Crippen LogP contribution < -0.4 is 4.72 Å². The highest BCUT2D eigenvalue weighted by Gasteiger charge is 2.22. The number of phenols is 1. The molecule has 9 nitrogen and oxygen atoms in total. The van der Waals surface area contributed by atoms with Gasteiger partial charge in [0.15, 0.2) is 0 Å². The summed E-state index contributed by atoms with van der Waals surface area (Å²) in [7, 11) is -4.27. The van der Waals surface area contributed by atoms with Crippen LogP contribution in [0.4, 0.5) is 11.4 Å². The number of anilines is 1. The molecule has 3 N–H and O–H groups in total. The number of aliphatic carboxylic acids is 1. The molecule has 0 heterocycles. The van der Waals surface area contributed by atoms with Gasteiger partial charge >= 0.3 is 5.97 Å². The van der Waals surface area contributed by atoms with E-state index in [2.05, 4.69) is 4.72 Å². The predicted molar refractivity (Wildman–Crippen MR) is 88.4 cm³/mol. The normalized spacial score (nSPS) is 11.1.